The van der Waals surface area contributed by atoms with E-state index in [-0.39, 0.29) is 0 Å². The van der Waals surface area contributed by atoms with Crippen molar-refractivity contribution in [3.8, 4) is 5.69 Å². The highest BCUT2D eigenvalue weighted by molar-refractivity contribution is 7.71. The Bertz CT molecular complexity index is 835. The molecule has 3 rings (SSSR count). The van der Waals surface area contributed by atoms with Crippen LogP contribution in [-0.4, -0.2) is 9.55 Å². The molecule has 5 heteroatoms. The molecule has 1 aromatic heterocycles. The molecule has 2 aromatic carbocycles. The van der Waals surface area contributed by atoms with Crippen LogP contribution in [0.25, 0.3) is 16.7 Å². The molecule has 2 nitrogen and oxygen atoms in total. The van der Waals surface area contributed by atoms with Crippen LogP contribution in [0.4, 0.5) is 4.39 Å². The summed E-state index contributed by atoms with van der Waals surface area (Å²) in [5, 5.41) is 0.364. The summed E-state index contributed by atoms with van der Waals surface area (Å²) in [5.74, 6) is -0.398. The number of rotatable bonds is 1. The van der Waals surface area contributed by atoms with Crippen LogP contribution in [0.1, 0.15) is 5.56 Å². The average Bonchev–Trinajstić information content (AvgIpc) is 2.65. The molecule has 0 unspecified atom stereocenters. The monoisotopic (exact) mass is 292 g/mol. The Kier molecular flexibility index (Phi) is 2.92. The Balaban J connectivity index is 2.36. The maximum atomic E-state index is 14.0. The van der Waals surface area contributed by atoms with Gasteiger partial charge >= 0.3 is 0 Å². The molecule has 0 aliphatic rings. The van der Waals surface area contributed by atoms with Crippen LogP contribution >= 0.6 is 23.8 Å². The summed E-state index contributed by atoms with van der Waals surface area (Å²) < 4.78 is 16.2. The number of imidazole rings is 1. The van der Waals surface area contributed by atoms with Crippen LogP contribution in [0, 0.1) is 17.5 Å². The van der Waals surface area contributed by atoms with Crippen molar-refractivity contribution in [3.63, 3.8) is 0 Å². The van der Waals surface area contributed by atoms with Gasteiger partial charge in [-0.3, -0.25) is 4.57 Å². The first-order chi connectivity index (χ1) is 9.06. The third-order valence-corrected chi connectivity index (χ3v) is 3.51. The topological polar surface area (TPSA) is 20.7 Å². The molecule has 0 spiro atoms. The number of aryl methyl sites for hydroxylation is 1. The van der Waals surface area contributed by atoms with E-state index in [1.54, 1.807) is 16.7 Å². The lowest BCUT2D eigenvalue weighted by Crippen LogP contribution is -1.97. The first-order valence-corrected chi connectivity index (χ1v) is 6.52. The van der Waals surface area contributed by atoms with Crippen molar-refractivity contribution >= 4 is 34.9 Å². The van der Waals surface area contributed by atoms with Gasteiger partial charge in [-0.1, -0.05) is 17.7 Å². The van der Waals surface area contributed by atoms with Crippen LogP contribution in [0.3, 0.4) is 0 Å². The summed E-state index contributed by atoms with van der Waals surface area (Å²) in [6.45, 7) is 2.00. The van der Waals surface area contributed by atoms with Gasteiger partial charge in [-0.15, -0.1) is 0 Å². The van der Waals surface area contributed by atoms with E-state index in [0.717, 1.165) is 16.6 Å². The second-order valence-electron chi connectivity index (χ2n) is 4.38. The molecule has 0 radical (unpaired) electrons. The number of aromatic nitrogens is 2. The van der Waals surface area contributed by atoms with Gasteiger partial charge in [0.15, 0.2) is 4.77 Å². The summed E-state index contributed by atoms with van der Waals surface area (Å²) in [7, 11) is 0. The molecule has 19 heavy (non-hydrogen) atoms. The number of fused-ring (bicyclic) bond motifs is 1. The van der Waals surface area contributed by atoms with E-state index in [4.69, 9.17) is 23.8 Å². The van der Waals surface area contributed by atoms with Crippen LogP contribution in [0.15, 0.2) is 36.4 Å². The van der Waals surface area contributed by atoms with Gasteiger partial charge in [-0.2, -0.15) is 0 Å². The number of halogens is 2. The third kappa shape index (κ3) is 2.07. The zero-order chi connectivity index (χ0) is 13.6. The lowest BCUT2D eigenvalue weighted by molar-refractivity contribution is 0.619. The van der Waals surface area contributed by atoms with Crippen molar-refractivity contribution in [2.24, 2.45) is 0 Å². The molecule has 0 amide bonds. The van der Waals surface area contributed by atoms with Gasteiger partial charge in [-0.05, 0) is 55.0 Å². The van der Waals surface area contributed by atoms with Gasteiger partial charge in [0, 0.05) is 5.02 Å². The SMILES string of the molecule is Cc1ccc2c(c1)[nH]c(=S)n2-c1ccc(Cl)cc1F. The lowest BCUT2D eigenvalue weighted by Gasteiger charge is -2.06. The summed E-state index contributed by atoms with van der Waals surface area (Å²) >= 11 is 11.1. The zero-order valence-corrected chi connectivity index (χ0v) is 11.6. The van der Waals surface area contributed by atoms with Crippen molar-refractivity contribution in [1.82, 2.24) is 9.55 Å². The average molecular weight is 293 g/mol. The Morgan fingerprint density at radius 1 is 1.21 bits per heavy atom. The summed E-state index contributed by atoms with van der Waals surface area (Å²) in [5.41, 5.74) is 3.24. The van der Waals surface area contributed by atoms with Gasteiger partial charge in [0.2, 0.25) is 0 Å². The number of nitrogens with zero attached hydrogens (tertiary/aromatic N) is 1. The van der Waals surface area contributed by atoms with Crippen molar-refractivity contribution < 1.29 is 4.39 Å². The van der Waals surface area contributed by atoms with E-state index in [1.165, 1.54) is 6.07 Å². The van der Waals surface area contributed by atoms with Crippen molar-refractivity contribution in [2.75, 3.05) is 0 Å². The molecule has 0 saturated heterocycles. The number of H-pyrrole nitrogens is 1. The van der Waals surface area contributed by atoms with E-state index < -0.39 is 5.82 Å². The van der Waals surface area contributed by atoms with Crippen molar-refractivity contribution in [3.05, 3.63) is 57.6 Å². The predicted molar refractivity (Wildman–Crippen MR) is 78.2 cm³/mol. The van der Waals surface area contributed by atoms with Crippen LogP contribution in [0.5, 0.6) is 0 Å². The first kappa shape index (κ1) is 12.4. The van der Waals surface area contributed by atoms with Crippen molar-refractivity contribution in [2.45, 2.75) is 6.92 Å². The third-order valence-electron chi connectivity index (χ3n) is 2.99. The lowest BCUT2D eigenvalue weighted by atomic mass is 10.2. The molecule has 3 aromatic rings. The molecular formula is C14H10ClFN2S. The van der Waals surface area contributed by atoms with Gasteiger partial charge in [0.1, 0.15) is 5.82 Å². The maximum Gasteiger partial charge on any atom is 0.182 e. The minimum absolute atomic E-state index is 0.364. The maximum absolute atomic E-state index is 14.0. The van der Waals surface area contributed by atoms with E-state index in [9.17, 15) is 4.39 Å². The molecule has 1 N–H and O–H groups in total. The molecule has 96 valence electrons. The van der Waals surface area contributed by atoms with E-state index >= 15 is 0 Å². The quantitative estimate of drug-likeness (QED) is 0.640. The number of benzene rings is 2. The largest absolute Gasteiger partial charge is 0.330 e. The van der Waals surface area contributed by atoms with Gasteiger partial charge < -0.3 is 4.98 Å². The van der Waals surface area contributed by atoms with Crippen molar-refractivity contribution in [1.29, 1.82) is 0 Å². The molecule has 0 fully saturated rings. The number of nitrogens with one attached hydrogen (secondary N) is 1. The fraction of sp³-hybridized carbons (Fsp3) is 0.0714. The zero-order valence-electron chi connectivity index (χ0n) is 10.1. The fourth-order valence-electron chi connectivity index (χ4n) is 2.13. The molecule has 0 atom stereocenters. The standard InChI is InChI=1S/C14H10ClFN2S/c1-8-2-4-13-11(6-8)17-14(19)18(13)12-5-3-9(15)7-10(12)16/h2-7H,1H3,(H,17,19). The van der Waals surface area contributed by atoms with Gasteiger partial charge in [-0.25, -0.2) is 4.39 Å². The smallest absolute Gasteiger partial charge is 0.182 e. The first-order valence-electron chi connectivity index (χ1n) is 5.73. The Morgan fingerprint density at radius 2 is 2.00 bits per heavy atom. The highest BCUT2D eigenvalue weighted by Gasteiger charge is 2.11. The molecule has 0 aliphatic carbocycles. The Hall–Kier alpha value is -1.65. The second-order valence-corrected chi connectivity index (χ2v) is 5.21. The predicted octanol–water partition coefficient (Wildman–Crippen LogP) is 4.79. The molecule has 0 aliphatic heterocycles. The minimum Gasteiger partial charge on any atom is -0.330 e. The highest BCUT2D eigenvalue weighted by atomic mass is 35.5. The summed E-state index contributed by atoms with van der Waals surface area (Å²) in [6, 6.07) is 10.4. The van der Waals surface area contributed by atoms with Crippen LogP contribution in [-0.2, 0) is 0 Å². The normalized spacial score (nSPS) is 11.1. The Morgan fingerprint density at radius 3 is 2.74 bits per heavy atom. The molecule has 0 saturated carbocycles. The number of hydrogen-bond donors (Lipinski definition) is 1. The van der Waals surface area contributed by atoms with E-state index in [0.29, 0.717) is 15.5 Å². The number of hydrogen-bond acceptors (Lipinski definition) is 1. The molecular weight excluding hydrogens is 283 g/mol. The van der Waals surface area contributed by atoms with E-state index in [1.807, 2.05) is 25.1 Å². The highest BCUT2D eigenvalue weighted by Crippen LogP contribution is 2.24. The molecule has 1 heterocycles. The fourth-order valence-corrected chi connectivity index (χ4v) is 2.59. The summed E-state index contributed by atoms with van der Waals surface area (Å²) in [6.07, 6.45) is 0. The van der Waals surface area contributed by atoms with E-state index in [2.05, 4.69) is 4.98 Å². The Labute approximate surface area is 119 Å². The van der Waals surface area contributed by atoms with Crippen LogP contribution < -0.4 is 0 Å². The van der Waals surface area contributed by atoms with Gasteiger partial charge in [0.25, 0.3) is 0 Å². The van der Waals surface area contributed by atoms with Gasteiger partial charge in [0.05, 0.1) is 16.7 Å². The second kappa shape index (κ2) is 4.47. The molecule has 0 bridgehead atoms. The van der Waals surface area contributed by atoms with Crippen LogP contribution in [0.2, 0.25) is 5.02 Å². The number of aromatic amines is 1. The summed E-state index contributed by atoms with van der Waals surface area (Å²) in [4.78, 5) is 3.09. The minimum atomic E-state index is -0.398.